The van der Waals surface area contributed by atoms with Gasteiger partial charge >= 0.3 is 0 Å². The number of aryl methyl sites for hydroxylation is 1. The molecule has 0 bridgehead atoms. The molecular weight excluding hydrogens is 386 g/mol. The average molecular weight is 406 g/mol. The summed E-state index contributed by atoms with van der Waals surface area (Å²) in [6.45, 7) is 5.78. The molecular formula is C23H20ClN3O2. The Hall–Kier alpha value is -3.18. The van der Waals surface area contributed by atoms with Gasteiger partial charge in [0.2, 0.25) is 0 Å². The van der Waals surface area contributed by atoms with Crippen molar-refractivity contribution in [3.05, 3.63) is 87.1 Å². The smallest absolute Gasteiger partial charge is 0.196 e. The van der Waals surface area contributed by atoms with Crippen LogP contribution in [0.15, 0.2) is 64.2 Å². The molecule has 0 unspecified atom stereocenters. The molecule has 0 saturated carbocycles. The fourth-order valence-electron chi connectivity index (χ4n) is 3.45. The van der Waals surface area contributed by atoms with Gasteiger partial charge in [-0.05, 0) is 56.7 Å². The summed E-state index contributed by atoms with van der Waals surface area (Å²) in [4.78, 5) is 21.4. The van der Waals surface area contributed by atoms with Gasteiger partial charge in [0, 0.05) is 29.1 Å². The summed E-state index contributed by atoms with van der Waals surface area (Å²) in [5, 5.41) is 4.42. The van der Waals surface area contributed by atoms with Crippen LogP contribution in [0.4, 0.5) is 5.69 Å². The lowest BCUT2D eigenvalue weighted by molar-refractivity contribution is 0.605. The normalized spacial score (nSPS) is 12.1. The monoisotopic (exact) mass is 405 g/mol. The van der Waals surface area contributed by atoms with Crippen LogP contribution in [-0.2, 0) is 0 Å². The predicted molar refractivity (Wildman–Crippen MR) is 116 cm³/mol. The van der Waals surface area contributed by atoms with Crippen LogP contribution < -0.4 is 10.7 Å². The Labute approximate surface area is 173 Å². The Bertz CT molecular complexity index is 1240. The Morgan fingerprint density at radius 2 is 1.97 bits per heavy atom. The first-order valence-corrected chi connectivity index (χ1v) is 9.68. The summed E-state index contributed by atoms with van der Waals surface area (Å²) in [5.41, 5.74) is 4.62. The van der Waals surface area contributed by atoms with E-state index in [4.69, 9.17) is 16.0 Å². The number of fused-ring (bicyclic) bond motifs is 1. The van der Waals surface area contributed by atoms with Crippen molar-refractivity contribution in [2.45, 2.75) is 26.8 Å². The minimum absolute atomic E-state index is 0.0320. The highest BCUT2D eigenvalue weighted by Crippen LogP contribution is 2.31. The summed E-state index contributed by atoms with van der Waals surface area (Å²) in [6.07, 6.45) is 5.07. The third-order valence-electron chi connectivity index (χ3n) is 4.89. The van der Waals surface area contributed by atoms with Crippen LogP contribution in [0.5, 0.6) is 0 Å². The van der Waals surface area contributed by atoms with Gasteiger partial charge in [0.05, 0.1) is 23.3 Å². The number of anilines is 1. The van der Waals surface area contributed by atoms with Gasteiger partial charge in [0.15, 0.2) is 5.43 Å². The van der Waals surface area contributed by atoms with Crippen molar-refractivity contribution < 1.29 is 4.42 Å². The molecule has 0 amide bonds. The van der Waals surface area contributed by atoms with Crippen LogP contribution >= 0.6 is 11.6 Å². The molecule has 5 nitrogen and oxygen atoms in total. The highest BCUT2D eigenvalue weighted by Gasteiger charge is 2.19. The lowest BCUT2D eigenvalue weighted by atomic mass is 9.99. The van der Waals surface area contributed by atoms with Gasteiger partial charge in [-0.3, -0.25) is 9.78 Å². The number of rotatable bonds is 4. The van der Waals surface area contributed by atoms with E-state index in [2.05, 4.69) is 15.3 Å². The summed E-state index contributed by atoms with van der Waals surface area (Å²) >= 11 is 5.88. The topological polar surface area (TPSA) is 68.0 Å². The SMILES string of the molecule is Cc1cc([C@@H](C)Nc2ccc(Cl)nc2)c2oc(-c3cccnc3)c(C)c(=O)c2c1. The van der Waals surface area contributed by atoms with Crippen LogP contribution in [0.3, 0.4) is 0 Å². The molecule has 4 rings (SSSR count). The zero-order valence-electron chi connectivity index (χ0n) is 16.4. The Morgan fingerprint density at radius 1 is 1.14 bits per heavy atom. The first kappa shape index (κ1) is 19.2. The van der Waals surface area contributed by atoms with Crippen LogP contribution in [0.1, 0.15) is 29.7 Å². The fourth-order valence-corrected chi connectivity index (χ4v) is 3.56. The first-order chi connectivity index (χ1) is 13.9. The van der Waals surface area contributed by atoms with Crippen molar-refractivity contribution in [1.82, 2.24) is 9.97 Å². The number of nitrogens with zero attached hydrogens (tertiary/aromatic N) is 2. The molecule has 0 fully saturated rings. The highest BCUT2D eigenvalue weighted by molar-refractivity contribution is 6.29. The van der Waals surface area contributed by atoms with E-state index >= 15 is 0 Å². The van der Waals surface area contributed by atoms with E-state index in [1.165, 1.54) is 0 Å². The minimum Gasteiger partial charge on any atom is -0.455 e. The van der Waals surface area contributed by atoms with Crippen molar-refractivity contribution in [2.75, 3.05) is 5.32 Å². The summed E-state index contributed by atoms with van der Waals surface area (Å²) in [5.74, 6) is 0.543. The zero-order chi connectivity index (χ0) is 20.5. The number of hydrogen-bond donors (Lipinski definition) is 1. The van der Waals surface area contributed by atoms with Crippen LogP contribution in [0.2, 0.25) is 5.15 Å². The molecule has 0 aliphatic carbocycles. The van der Waals surface area contributed by atoms with E-state index in [0.29, 0.717) is 27.4 Å². The van der Waals surface area contributed by atoms with Gasteiger partial charge in [-0.25, -0.2) is 4.98 Å². The van der Waals surface area contributed by atoms with Gasteiger partial charge in [0.25, 0.3) is 0 Å². The van der Waals surface area contributed by atoms with Gasteiger partial charge in [0.1, 0.15) is 16.5 Å². The number of halogens is 1. The van der Waals surface area contributed by atoms with Gasteiger partial charge in [-0.2, -0.15) is 0 Å². The summed E-state index contributed by atoms with van der Waals surface area (Å²) in [6, 6.07) is 11.1. The molecule has 1 aromatic carbocycles. The number of pyridine rings is 2. The van der Waals surface area contributed by atoms with E-state index in [9.17, 15) is 4.79 Å². The Kier molecular flexibility index (Phi) is 5.07. The lowest BCUT2D eigenvalue weighted by Gasteiger charge is -2.18. The third-order valence-corrected chi connectivity index (χ3v) is 5.12. The molecule has 1 atom stereocenters. The molecule has 1 N–H and O–H groups in total. The molecule has 0 radical (unpaired) electrons. The van der Waals surface area contributed by atoms with Gasteiger partial charge in [-0.15, -0.1) is 0 Å². The van der Waals surface area contributed by atoms with E-state index in [1.807, 2.05) is 44.2 Å². The van der Waals surface area contributed by atoms with Crippen molar-refractivity contribution in [3.8, 4) is 11.3 Å². The van der Waals surface area contributed by atoms with Crippen molar-refractivity contribution >= 4 is 28.3 Å². The maximum absolute atomic E-state index is 13.1. The fraction of sp³-hybridized carbons (Fsp3) is 0.174. The second-order valence-electron chi connectivity index (χ2n) is 7.09. The highest BCUT2D eigenvalue weighted by atomic mass is 35.5. The number of aromatic nitrogens is 2. The minimum atomic E-state index is -0.118. The second kappa shape index (κ2) is 7.68. The molecule has 0 spiro atoms. The first-order valence-electron chi connectivity index (χ1n) is 9.30. The predicted octanol–water partition coefficient (Wildman–Crippen LogP) is 5.69. The average Bonchev–Trinajstić information content (AvgIpc) is 2.72. The number of hydrogen-bond acceptors (Lipinski definition) is 5. The van der Waals surface area contributed by atoms with Crippen molar-refractivity contribution in [1.29, 1.82) is 0 Å². The molecule has 29 heavy (non-hydrogen) atoms. The molecule has 0 saturated heterocycles. The molecule has 0 aliphatic heterocycles. The lowest BCUT2D eigenvalue weighted by Crippen LogP contribution is -2.12. The Balaban J connectivity index is 1.88. The second-order valence-corrected chi connectivity index (χ2v) is 7.48. The van der Waals surface area contributed by atoms with E-state index < -0.39 is 0 Å². The van der Waals surface area contributed by atoms with Crippen LogP contribution in [0, 0.1) is 13.8 Å². The molecule has 4 aromatic rings. The molecule has 6 heteroatoms. The number of nitrogens with one attached hydrogen (secondary N) is 1. The number of benzene rings is 1. The third kappa shape index (κ3) is 3.74. The maximum Gasteiger partial charge on any atom is 0.196 e. The molecule has 146 valence electrons. The van der Waals surface area contributed by atoms with E-state index in [0.717, 1.165) is 22.4 Å². The molecule has 3 heterocycles. The van der Waals surface area contributed by atoms with Gasteiger partial charge in [-0.1, -0.05) is 17.7 Å². The van der Waals surface area contributed by atoms with Crippen molar-refractivity contribution in [2.24, 2.45) is 0 Å². The molecule has 0 aliphatic rings. The maximum atomic E-state index is 13.1. The largest absolute Gasteiger partial charge is 0.455 e. The van der Waals surface area contributed by atoms with Crippen LogP contribution in [0.25, 0.3) is 22.3 Å². The summed E-state index contributed by atoms with van der Waals surface area (Å²) in [7, 11) is 0. The standard InChI is InChI=1S/C23H20ClN3O2/c1-13-9-18(15(3)27-17-6-7-20(24)26-12-17)23-19(10-13)21(28)14(2)22(29-23)16-5-4-8-25-11-16/h4-12,15,27H,1-3H3/t15-/m1/s1. The van der Waals surface area contributed by atoms with E-state index in [1.54, 1.807) is 31.6 Å². The van der Waals surface area contributed by atoms with Crippen molar-refractivity contribution in [3.63, 3.8) is 0 Å². The van der Waals surface area contributed by atoms with Gasteiger partial charge < -0.3 is 9.73 Å². The molecule has 3 aromatic heterocycles. The van der Waals surface area contributed by atoms with E-state index in [-0.39, 0.29) is 11.5 Å². The summed E-state index contributed by atoms with van der Waals surface area (Å²) < 4.78 is 6.31. The Morgan fingerprint density at radius 3 is 2.66 bits per heavy atom. The zero-order valence-corrected chi connectivity index (χ0v) is 17.1. The quantitative estimate of drug-likeness (QED) is 0.441. The van der Waals surface area contributed by atoms with Crippen LogP contribution in [-0.4, -0.2) is 9.97 Å².